The lowest BCUT2D eigenvalue weighted by Crippen LogP contribution is -2.49. The van der Waals surface area contributed by atoms with Crippen LogP contribution in [-0.2, 0) is 26.0 Å². The van der Waals surface area contributed by atoms with Crippen LogP contribution in [0.15, 0.2) is 47.5 Å². The molecule has 0 spiro atoms. The molecule has 0 atom stereocenters. The zero-order chi connectivity index (χ0) is 23.3. The summed E-state index contributed by atoms with van der Waals surface area (Å²) in [5.74, 6) is 0.733. The van der Waals surface area contributed by atoms with Gasteiger partial charge in [-0.1, -0.05) is 25.1 Å². The molecule has 2 saturated heterocycles. The fourth-order valence-electron chi connectivity index (χ4n) is 4.13. The maximum absolute atomic E-state index is 12.8. The minimum absolute atomic E-state index is 0.0138. The maximum atomic E-state index is 12.8. The number of anilines is 2. The predicted molar refractivity (Wildman–Crippen MR) is 127 cm³/mol. The van der Waals surface area contributed by atoms with Gasteiger partial charge in [0.25, 0.3) is 0 Å². The van der Waals surface area contributed by atoms with Crippen LogP contribution >= 0.6 is 0 Å². The van der Waals surface area contributed by atoms with Crippen molar-refractivity contribution in [1.29, 1.82) is 0 Å². The number of morpholine rings is 1. The normalized spacial score (nSPS) is 18.3. The van der Waals surface area contributed by atoms with E-state index in [9.17, 15) is 13.2 Å². The van der Waals surface area contributed by atoms with Gasteiger partial charge in [0.15, 0.2) is 0 Å². The molecule has 2 aliphatic heterocycles. The summed E-state index contributed by atoms with van der Waals surface area (Å²) in [5, 5.41) is 3.02. The van der Waals surface area contributed by atoms with E-state index in [1.165, 1.54) is 10.5 Å². The Labute approximate surface area is 195 Å². The van der Waals surface area contributed by atoms with E-state index in [1.54, 1.807) is 12.1 Å². The first-order valence-electron chi connectivity index (χ1n) is 11.4. The van der Waals surface area contributed by atoms with E-state index in [0.717, 1.165) is 49.7 Å². The first kappa shape index (κ1) is 23.6. The summed E-state index contributed by atoms with van der Waals surface area (Å²) < 4.78 is 32.2. The zero-order valence-corrected chi connectivity index (χ0v) is 19.8. The van der Waals surface area contributed by atoms with Crippen LogP contribution in [0.4, 0.5) is 11.5 Å². The number of pyridine rings is 1. The Kier molecular flexibility index (Phi) is 7.59. The summed E-state index contributed by atoms with van der Waals surface area (Å²) in [5.41, 5.74) is 2.00. The molecule has 33 heavy (non-hydrogen) atoms. The van der Waals surface area contributed by atoms with Gasteiger partial charge in [-0.25, -0.2) is 13.4 Å². The van der Waals surface area contributed by atoms with Crippen molar-refractivity contribution in [3.63, 3.8) is 0 Å². The van der Waals surface area contributed by atoms with E-state index in [-0.39, 0.29) is 10.8 Å². The highest BCUT2D eigenvalue weighted by Crippen LogP contribution is 2.20. The first-order valence-corrected chi connectivity index (χ1v) is 12.8. The fraction of sp³-hybridized carbons (Fsp3) is 0.478. The predicted octanol–water partition coefficient (Wildman–Crippen LogP) is 1.43. The molecule has 0 radical (unpaired) electrons. The van der Waals surface area contributed by atoms with Crippen LogP contribution in [0.3, 0.4) is 0 Å². The van der Waals surface area contributed by atoms with E-state index in [0.29, 0.717) is 32.8 Å². The van der Waals surface area contributed by atoms with Crippen LogP contribution in [0, 0.1) is 0 Å². The summed E-state index contributed by atoms with van der Waals surface area (Å²) in [4.78, 5) is 21.4. The van der Waals surface area contributed by atoms with Gasteiger partial charge in [-0.2, -0.15) is 4.31 Å². The smallest absolute Gasteiger partial charge is 0.244 e. The maximum Gasteiger partial charge on any atom is 0.244 e. The van der Waals surface area contributed by atoms with Gasteiger partial charge in [0, 0.05) is 51.2 Å². The molecule has 1 aromatic carbocycles. The van der Waals surface area contributed by atoms with E-state index < -0.39 is 10.0 Å². The number of amides is 1. The topological polar surface area (TPSA) is 95.1 Å². The Morgan fingerprint density at radius 2 is 1.76 bits per heavy atom. The number of hydrogen-bond donors (Lipinski definition) is 1. The first-order chi connectivity index (χ1) is 16.0. The standard InChI is InChI=1S/C23H31N5O4S/c1-2-19-5-3-4-6-21(19)25-23(29)18-26-9-11-27(12-10-26)22-8-7-20(17-24-22)33(30,31)28-13-15-32-16-14-28/h3-8,17H,2,9-16,18H2,1H3,(H,25,29). The summed E-state index contributed by atoms with van der Waals surface area (Å²) in [6.07, 6.45) is 2.31. The average Bonchev–Trinajstić information content (AvgIpc) is 2.85. The zero-order valence-electron chi connectivity index (χ0n) is 18.9. The number of benzene rings is 1. The highest BCUT2D eigenvalue weighted by atomic mass is 32.2. The summed E-state index contributed by atoms with van der Waals surface area (Å²) in [7, 11) is -3.54. The minimum Gasteiger partial charge on any atom is -0.379 e. The summed E-state index contributed by atoms with van der Waals surface area (Å²) in [6.45, 7) is 6.89. The van der Waals surface area contributed by atoms with Crippen molar-refractivity contribution in [2.45, 2.75) is 18.2 Å². The third-order valence-corrected chi connectivity index (χ3v) is 7.95. The molecular weight excluding hydrogens is 442 g/mol. The lowest BCUT2D eigenvalue weighted by Gasteiger charge is -2.35. The fourth-order valence-corrected chi connectivity index (χ4v) is 5.48. The van der Waals surface area contributed by atoms with Crippen LogP contribution < -0.4 is 10.2 Å². The van der Waals surface area contributed by atoms with Crippen LogP contribution in [-0.4, -0.2) is 87.5 Å². The van der Waals surface area contributed by atoms with Crippen molar-refractivity contribution in [3.05, 3.63) is 48.2 Å². The van der Waals surface area contributed by atoms with E-state index in [1.807, 2.05) is 24.3 Å². The second-order valence-corrected chi connectivity index (χ2v) is 10.1. The quantitative estimate of drug-likeness (QED) is 0.650. The Morgan fingerprint density at radius 1 is 1.03 bits per heavy atom. The van der Waals surface area contributed by atoms with Gasteiger partial charge in [0.05, 0.1) is 19.8 Å². The second-order valence-electron chi connectivity index (χ2n) is 8.19. The monoisotopic (exact) mass is 473 g/mol. The van der Waals surface area contributed by atoms with Gasteiger partial charge in [-0.05, 0) is 30.2 Å². The van der Waals surface area contributed by atoms with Crippen LogP contribution in [0.5, 0.6) is 0 Å². The number of nitrogens with one attached hydrogen (secondary N) is 1. The number of ether oxygens (including phenoxy) is 1. The molecule has 1 N–H and O–H groups in total. The average molecular weight is 474 g/mol. The second kappa shape index (κ2) is 10.6. The lowest BCUT2D eigenvalue weighted by atomic mass is 10.1. The van der Waals surface area contributed by atoms with Gasteiger partial charge in [0.1, 0.15) is 10.7 Å². The number of para-hydroxylation sites is 1. The van der Waals surface area contributed by atoms with E-state index in [4.69, 9.17) is 4.74 Å². The SMILES string of the molecule is CCc1ccccc1NC(=O)CN1CCN(c2ccc(S(=O)(=O)N3CCOCC3)cn2)CC1. The lowest BCUT2D eigenvalue weighted by molar-refractivity contribution is -0.117. The van der Waals surface area contributed by atoms with Crippen LogP contribution in [0.25, 0.3) is 0 Å². The molecule has 1 aromatic heterocycles. The number of sulfonamides is 1. The molecule has 0 aliphatic carbocycles. The number of nitrogens with zero attached hydrogens (tertiary/aromatic N) is 4. The number of aryl methyl sites for hydroxylation is 1. The van der Waals surface area contributed by atoms with Crippen molar-refractivity contribution in [3.8, 4) is 0 Å². The van der Waals surface area contributed by atoms with Crippen LogP contribution in [0.2, 0.25) is 0 Å². The molecule has 2 aromatic rings. The molecular formula is C23H31N5O4S. The number of carbonyl (C=O) groups excluding carboxylic acids is 1. The van der Waals surface area contributed by atoms with Gasteiger partial charge in [-0.15, -0.1) is 0 Å². The number of rotatable bonds is 7. The van der Waals surface area contributed by atoms with Gasteiger partial charge in [0.2, 0.25) is 15.9 Å². The Morgan fingerprint density at radius 3 is 2.42 bits per heavy atom. The molecule has 10 heteroatoms. The van der Waals surface area contributed by atoms with Crippen LogP contribution in [0.1, 0.15) is 12.5 Å². The molecule has 178 valence electrons. The number of aromatic nitrogens is 1. The number of carbonyl (C=O) groups is 1. The van der Waals surface area contributed by atoms with Crippen molar-refractivity contribution in [1.82, 2.24) is 14.2 Å². The highest BCUT2D eigenvalue weighted by molar-refractivity contribution is 7.89. The van der Waals surface area contributed by atoms with Gasteiger partial charge >= 0.3 is 0 Å². The third-order valence-electron chi connectivity index (χ3n) is 6.06. The Hall–Kier alpha value is -2.53. The van der Waals surface area contributed by atoms with Gasteiger partial charge in [-0.3, -0.25) is 9.69 Å². The molecule has 9 nitrogen and oxygen atoms in total. The largest absolute Gasteiger partial charge is 0.379 e. The minimum atomic E-state index is -3.54. The molecule has 0 saturated carbocycles. The Balaban J connectivity index is 1.29. The van der Waals surface area contributed by atoms with Gasteiger partial charge < -0.3 is 15.0 Å². The number of hydrogen-bond acceptors (Lipinski definition) is 7. The van der Waals surface area contributed by atoms with Crippen molar-refractivity contribution in [2.75, 3.05) is 69.2 Å². The van der Waals surface area contributed by atoms with Crippen molar-refractivity contribution < 1.29 is 17.9 Å². The molecule has 4 rings (SSSR count). The van der Waals surface area contributed by atoms with E-state index >= 15 is 0 Å². The van der Waals surface area contributed by atoms with Crippen molar-refractivity contribution >= 4 is 27.4 Å². The Bertz CT molecular complexity index is 1050. The van der Waals surface area contributed by atoms with Crippen molar-refractivity contribution in [2.24, 2.45) is 0 Å². The summed E-state index contributed by atoms with van der Waals surface area (Å²) in [6, 6.07) is 11.3. The highest BCUT2D eigenvalue weighted by Gasteiger charge is 2.27. The van der Waals surface area contributed by atoms with E-state index in [2.05, 4.69) is 27.0 Å². The molecule has 0 unspecified atom stereocenters. The number of piperazine rings is 1. The summed E-state index contributed by atoms with van der Waals surface area (Å²) >= 11 is 0. The third kappa shape index (κ3) is 5.70. The molecule has 2 aliphatic rings. The molecule has 1 amide bonds. The molecule has 3 heterocycles. The molecule has 2 fully saturated rings. The molecule has 0 bridgehead atoms.